The lowest BCUT2D eigenvalue weighted by Gasteiger charge is -2.11. The smallest absolute Gasteiger partial charge is 0.305 e. The van der Waals surface area contributed by atoms with Crippen LogP contribution in [0, 0.1) is 0 Å². The SMILES string of the molecule is CCOC(=O)CCCCCOc1ccccc1CCCCOC. The first kappa shape index (κ1) is 19.5. The molecule has 130 valence electrons. The summed E-state index contributed by atoms with van der Waals surface area (Å²) in [7, 11) is 1.74. The molecule has 0 saturated carbocycles. The van der Waals surface area contributed by atoms with E-state index in [4.69, 9.17) is 14.2 Å². The lowest BCUT2D eigenvalue weighted by molar-refractivity contribution is -0.143. The lowest BCUT2D eigenvalue weighted by atomic mass is 10.1. The summed E-state index contributed by atoms with van der Waals surface area (Å²) in [6.45, 7) is 3.79. The van der Waals surface area contributed by atoms with Crippen LogP contribution >= 0.6 is 0 Å². The summed E-state index contributed by atoms with van der Waals surface area (Å²) in [6, 6.07) is 8.22. The number of methoxy groups -OCH3 is 1. The zero-order valence-corrected chi connectivity index (χ0v) is 14.5. The van der Waals surface area contributed by atoms with E-state index in [0.717, 1.165) is 50.9 Å². The maximum Gasteiger partial charge on any atom is 0.305 e. The summed E-state index contributed by atoms with van der Waals surface area (Å²) >= 11 is 0. The fraction of sp³-hybridized carbons (Fsp3) is 0.632. The molecule has 1 aromatic rings. The number of ether oxygens (including phenoxy) is 3. The number of aryl methyl sites for hydroxylation is 1. The summed E-state index contributed by atoms with van der Waals surface area (Å²) in [5, 5.41) is 0. The number of unbranched alkanes of at least 4 members (excludes halogenated alkanes) is 3. The van der Waals surface area contributed by atoms with Gasteiger partial charge in [-0.15, -0.1) is 0 Å². The molecule has 4 nitrogen and oxygen atoms in total. The van der Waals surface area contributed by atoms with Crippen LogP contribution in [0.15, 0.2) is 24.3 Å². The second-order valence-corrected chi connectivity index (χ2v) is 5.52. The van der Waals surface area contributed by atoms with Crippen LogP contribution in [0.2, 0.25) is 0 Å². The molecule has 0 bridgehead atoms. The van der Waals surface area contributed by atoms with E-state index in [0.29, 0.717) is 19.6 Å². The number of carbonyl (C=O) groups is 1. The van der Waals surface area contributed by atoms with Gasteiger partial charge in [0.05, 0.1) is 13.2 Å². The molecule has 0 fully saturated rings. The molecule has 0 aliphatic rings. The Bertz CT molecular complexity index is 431. The molecule has 0 atom stereocenters. The molecular weight excluding hydrogens is 292 g/mol. The Labute approximate surface area is 140 Å². The average Bonchev–Trinajstić information content (AvgIpc) is 2.56. The normalized spacial score (nSPS) is 10.5. The highest BCUT2D eigenvalue weighted by atomic mass is 16.5. The Morgan fingerprint density at radius 2 is 1.78 bits per heavy atom. The number of esters is 1. The predicted octanol–water partition coefficient (Wildman–Crippen LogP) is 4.16. The Balaban J connectivity index is 2.20. The van der Waals surface area contributed by atoms with Gasteiger partial charge in [0.25, 0.3) is 0 Å². The highest BCUT2D eigenvalue weighted by molar-refractivity contribution is 5.69. The minimum atomic E-state index is -0.102. The zero-order valence-electron chi connectivity index (χ0n) is 14.5. The molecule has 0 amide bonds. The van der Waals surface area contributed by atoms with Crippen LogP contribution in [-0.4, -0.2) is 32.9 Å². The quantitative estimate of drug-likeness (QED) is 0.404. The number of rotatable bonds is 13. The van der Waals surface area contributed by atoms with Crippen LogP contribution in [0.3, 0.4) is 0 Å². The summed E-state index contributed by atoms with van der Waals surface area (Å²) in [5.41, 5.74) is 1.26. The molecule has 0 saturated heterocycles. The number of carbonyl (C=O) groups excluding carboxylic acids is 1. The van der Waals surface area contributed by atoms with E-state index >= 15 is 0 Å². The van der Waals surface area contributed by atoms with Gasteiger partial charge in [-0.2, -0.15) is 0 Å². The van der Waals surface area contributed by atoms with E-state index in [1.54, 1.807) is 7.11 Å². The van der Waals surface area contributed by atoms with Crippen LogP contribution in [0.1, 0.15) is 51.0 Å². The first-order valence-electron chi connectivity index (χ1n) is 8.63. The molecule has 0 aromatic heterocycles. The standard InChI is InChI=1S/C19H30O4/c1-3-22-19(20)14-5-4-9-16-23-18-13-7-6-11-17(18)12-8-10-15-21-2/h6-7,11,13H,3-5,8-10,12,14-16H2,1-2H3. The van der Waals surface area contributed by atoms with Crippen molar-refractivity contribution in [1.82, 2.24) is 0 Å². The first-order chi connectivity index (χ1) is 11.3. The van der Waals surface area contributed by atoms with Crippen LogP contribution in [0.4, 0.5) is 0 Å². The number of hydrogen-bond donors (Lipinski definition) is 0. The van der Waals surface area contributed by atoms with Crippen molar-refractivity contribution in [2.45, 2.75) is 51.9 Å². The zero-order chi connectivity index (χ0) is 16.8. The Kier molecular flexibility index (Phi) is 11.0. The van der Waals surface area contributed by atoms with Gasteiger partial charge in [-0.25, -0.2) is 0 Å². The van der Waals surface area contributed by atoms with Crippen LogP contribution < -0.4 is 4.74 Å². The van der Waals surface area contributed by atoms with E-state index in [1.165, 1.54) is 5.56 Å². The Morgan fingerprint density at radius 3 is 2.57 bits per heavy atom. The van der Waals surface area contributed by atoms with Gasteiger partial charge in [0, 0.05) is 20.1 Å². The Hall–Kier alpha value is -1.55. The molecule has 1 aromatic carbocycles. The van der Waals surface area contributed by atoms with Crippen LogP contribution in [0.25, 0.3) is 0 Å². The van der Waals surface area contributed by atoms with Gasteiger partial charge in [0.2, 0.25) is 0 Å². The fourth-order valence-corrected chi connectivity index (χ4v) is 2.38. The number of para-hydroxylation sites is 1. The summed E-state index contributed by atoms with van der Waals surface area (Å²) in [4.78, 5) is 11.2. The van der Waals surface area contributed by atoms with E-state index < -0.39 is 0 Å². The molecule has 4 heteroatoms. The van der Waals surface area contributed by atoms with Gasteiger partial charge in [0.15, 0.2) is 0 Å². The van der Waals surface area contributed by atoms with E-state index in [1.807, 2.05) is 19.1 Å². The first-order valence-corrected chi connectivity index (χ1v) is 8.63. The largest absolute Gasteiger partial charge is 0.493 e. The van der Waals surface area contributed by atoms with Crippen molar-refractivity contribution in [2.75, 3.05) is 26.9 Å². The number of hydrogen-bond acceptors (Lipinski definition) is 4. The third kappa shape index (κ3) is 9.24. The van der Waals surface area contributed by atoms with Crippen molar-refractivity contribution in [3.8, 4) is 5.75 Å². The van der Waals surface area contributed by atoms with Crippen molar-refractivity contribution in [2.24, 2.45) is 0 Å². The second kappa shape index (κ2) is 12.9. The van der Waals surface area contributed by atoms with Gasteiger partial charge < -0.3 is 14.2 Å². The van der Waals surface area contributed by atoms with Crippen molar-refractivity contribution in [3.63, 3.8) is 0 Å². The minimum absolute atomic E-state index is 0.102. The van der Waals surface area contributed by atoms with E-state index in [-0.39, 0.29) is 5.97 Å². The van der Waals surface area contributed by atoms with Crippen molar-refractivity contribution in [1.29, 1.82) is 0 Å². The highest BCUT2D eigenvalue weighted by Gasteiger charge is 2.04. The molecule has 23 heavy (non-hydrogen) atoms. The summed E-state index contributed by atoms with van der Waals surface area (Å²) in [5.74, 6) is 0.880. The maximum atomic E-state index is 11.2. The third-order valence-electron chi connectivity index (χ3n) is 3.61. The predicted molar refractivity (Wildman–Crippen MR) is 91.9 cm³/mol. The van der Waals surface area contributed by atoms with Crippen LogP contribution in [-0.2, 0) is 20.7 Å². The molecule has 0 aliphatic carbocycles. The topological polar surface area (TPSA) is 44.8 Å². The minimum Gasteiger partial charge on any atom is -0.493 e. The summed E-state index contributed by atoms with van der Waals surface area (Å²) < 4.78 is 15.9. The third-order valence-corrected chi connectivity index (χ3v) is 3.61. The Morgan fingerprint density at radius 1 is 1.00 bits per heavy atom. The average molecular weight is 322 g/mol. The monoisotopic (exact) mass is 322 g/mol. The lowest BCUT2D eigenvalue weighted by Crippen LogP contribution is -2.04. The second-order valence-electron chi connectivity index (χ2n) is 5.52. The van der Waals surface area contributed by atoms with Gasteiger partial charge in [0.1, 0.15) is 5.75 Å². The highest BCUT2D eigenvalue weighted by Crippen LogP contribution is 2.20. The fourth-order valence-electron chi connectivity index (χ4n) is 2.38. The molecule has 0 spiro atoms. The van der Waals surface area contributed by atoms with Crippen molar-refractivity contribution < 1.29 is 19.0 Å². The molecular formula is C19H30O4. The molecule has 0 aliphatic heterocycles. The van der Waals surface area contributed by atoms with Crippen LogP contribution in [0.5, 0.6) is 5.75 Å². The van der Waals surface area contributed by atoms with Gasteiger partial charge in [-0.05, 0) is 57.1 Å². The van der Waals surface area contributed by atoms with Crippen molar-refractivity contribution in [3.05, 3.63) is 29.8 Å². The molecule has 0 unspecified atom stereocenters. The van der Waals surface area contributed by atoms with Gasteiger partial charge in [-0.3, -0.25) is 4.79 Å². The molecule has 0 heterocycles. The van der Waals surface area contributed by atoms with Gasteiger partial charge in [-0.1, -0.05) is 18.2 Å². The van der Waals surface area contributed by atoms with E-state index in [9.17, 15) is 4.79 Å². The molecule has 0 N–H and O–H groups in total. The molecule has 0 radical (unpaired) electrons. The van der Waals surface area contributed by atoms with Crippen molar-refractivity contribution >= 4 is 5.97 Å². The molecule has 1 rings (SSSR count). The van der Waals surface area contributed by atoms with Gasteiger partial charge >= 0.3 is 5.97 Å². The maximum absolute atomic E-state index is 11.2. The number of benzene rings is 1. The summed E-state index contributed by atoms with van der Waals surface area (Å²) in [6.07, 6.45) is 6.49. The van der Waals surface area contributed by atoms with E-state index in [2.05, 4.69) is 12.1 Å².